The molecule has 0 bridgehead atoms. The molecule has 2 N–H and O–H groups in total. The normalized spacial score (nSPS) is 27.3. The maximum Gasteiger partial charge on any atom is 0.191 e. The third-order valence-corrected chi connectivity index (χ3v) is 5.52. The zero-order valence-electron chi connectivity index (χ0n) is 12.8. The summed E-state index contributed by atoms with van der Waals surface area (Å²) in [7, 11) is 0. The van der Waals surface area contributed by atoms with E-state index >= 15 is 0 Å². The Labute approximate surface area is 131 Å². The summed E-state index contributed by atoms with van der Waals surface area (Å²) in [5.41, 5.74) is 7.19. The van der Waals surface area contributed by atoms with Gasteiger partial charge < -0.3 is 15.4 Å². The van der Waals surface area contributed by atoms with Crippen molar-refractivity contribution >= 4 is 17.3 Å². The molecule has 1 saturated heterocycles. The lowest BCUT2D eigenvalue weighted by Gasteiger charge is -2.33. The molecule has 0 aromatic carbocycles. The zero-order valence-corrected chi connectivity index (χ0v) is 13.6. The van der Waals surface area contributed by atoms with Crippen LogP contribution in [0.4, 0.5) is 0 Å². The fraction of sp³-hybridized carbons (Fsp3) is 0.688. The Morgan fingerprint density at radius 3 is 2.90 bits per heavy atom. The van der Waals surface area contributed by atoms with Gasteiger partial charge in [-0.2, -0.15) is 0 Å². The molecule has 4 nitrogen and oxygen atoms in total. The highest BCUT2D eigenvalue weighted by Gasteiger charge is 2.34. The van der Waals surface area contributed by atoms with Crippen LogP contribution in [0.3, 0.4) is 0 Å². The smallest absolute Gasteiger partial charge is 0.191 e. The third-order valence-electron chi connectivity index (χ3n) is 4.54. The number of thiophene rings is 1. The van der Waals surface area contributed by atoms with E-state index in [2.05, 4.69) is 28.3 Å². The second-order valence-corrected chi connectivity index (χ2v) is 7.16. The molecule has 0 spiro atoms. The quantitative estimate of drug-likeness (QED) is 0.675. The molecule has 1 unspecified atom stereocenters. The van der Waals surface area contributed by atoms with E-state index in [0.29, 0.717) is 12.5 Å². The molecule has 5 heteroatoms. The molecule has 3 rings (SSSR count). The lowest BCUT2D eigenvalue weighted by Crippen LogP contribution is -2.40. The lowest BCUT2D eigenvalue weighted by molar-refractivity contribution is -0.0376. The Morgan fingerprint density at radius 2 is 2.14 bits per heavy atom. The number of hydrogen-bond donors (Lipinski definition) is 1. The minimum absolute atomic E-state index is 0.315. The van der Waals surface area contributed by atoms with Crippen molar-refractivity contribution in [2.45, 2.75) is 44.6 Å². The zero-order chi connectivity index (χ0) is 14.7. The molecule has 0 saturated carbocycles. The van der Waals surface area contributed by atoms with Crippen LogP contribution in [0, 0.1) is 0 Å². The largest absolute Gasteiger partial charge is 0.370 e. The Hall–Kier alpha value is -1.07. The Kier molecular flexibility index (Phi) is 4.50. The number of guanidine groups is 1. The van der Waals surface area contributed by atoms with E-state index in [1.165, 1.54) is 36.1 Å². The fourth-order valence-corrected chi connectivity index (χ4v) is 4.20. The maximum absolute atomic E-state index is 6.21. The SMILES string of the molecule is CC1(CN=C(N)N2CCCCCC2)OCCc2sccc21. The first-order valence-electron chi connectivity index (χ1n) is 7.95. The summed E-state index contributed by atoms with van der Waals surface area (Å²) in [5, 5.41) is 2.15. The van der Waals surface area contributed by atoms with Crippen LogP contribution in [0.15, 0.2) is 16.4 Å². The molecule has 3 heterocycles. The van der Waals surface area contributed by atoms with Crippen LogP contribution in [0.25, 0.3) is 0 Å². The average Bonchev–Trinajstić information content (AvgIpc) is 2.81. The van der Waals surface area contributed by atoms with E-state index in [9.17, 15) is 0 Å². The van der Waals surface area contributed by atoms with Crippen molar-refractivity contribution < 1.29 is 4.74 Å². The highest BCUT2D eigenvalue weighted by atomic mass is 32.1. The summed E-state index contributed by atoms with van der Waals surface area (Å²) in [6.45, 7) is 5.60. The number of nitrogens with zero attached hydrogens (tertiary/aromatic N) is 2. The van der Waals surface area contributed by atoms with Crippen molar-refractivity contribution in [2.24, 2.45) is 10.7 Å². The number of hydrogen-bond acceptors (Lipinski definition) is 3. The highest BCUT2D eigenvalue weighted by molar-refractivity contribution is 7.10. The topological polar surface area (TPSA) is 50.8 Å². The monoisotopic (exact) mass is 307 g/mol. The van der Waals surface area contributed by atoms with Gasteiger partial charge in [-0.3, -0.25) is 0 Å². The number of aliphatic imine (C=N–C) groups is 1. The van der Waals surface area contributed by atoms with Crippen LogP contribution in [-0.4, -0.2) is 37.1 Å². The van der Waals surface area contributed by atoms with E-state index < -0.39 is 0 Å². The van der Waals surface area contributed by atoms with Gasteiger partial charge >= 0.3 is 0 Å². The molecule has 1 aromatic rings. The predicted molar refractivity (Wildman–Crippen MR) is 87.9 cm³/mol. The van der Waals surface area contributed by atoms with Crippen molar-refractivity contribution in [1.82, 2.24) is 4.90 Å². The van der Waals surface area contributed by atoms with E-state index in [1.807, 2.05) is 11.3 Å². The first kappa shape index (κ1) is 14.9. The molecule has 2 aliphatic rings. The molecule has 116 valence electrons. The van der Waals surface area contributed by atoms with Crippen LogP contribution >= 0.6 is 11.3 Å². The predicted octanol–water partition coefficient (Wildman–Crippen LogP) is 2.73. The molecule has 1 fully saturated rings. The Balaban J connectivity index is 1.70. The summed E-state index contributed by atoms with van der Waals surface area (Å²) >= 11 is 1.82. The van der Waals surface area contributed by atoms with Crippen LogP contribution < -0.4 is 5.73 Å². The molecule has 0 amide bonds. The summed E-state index contributed by atoms with van der Waals surface area (Å²) in [6, 6.07) is 2.18. The molecule has 1 atom stereocenters. The first-order chi connectivity index (χ1) is 10.2. The van der Waals surface area contributed by atoms with Crippen molar-refractivity contribution in [3.63, 3.8) is 0 Å². The third kappa shape index (κ3) is 3.24. The van der Waals surface area contributed by atoms with Crippen molar-refractivity contribution in [2.75, 3.05) is 26.2 Å². The number of nitrogens with two attached hydrogens (primary N) is 1. The van der Waals surface area contributed by atoms with Gasteiger partial charge in [-0.25, -0.2) is 4.99 Å². The molecular formula is C16H25N3OS. The van der Waals surface area contributed by atoms with Gasteiger partial charge in [0.25, 0.3) is 0 Å². The molecule has 1 aromatic heterocycles. The van der Waals surface area contributed by atoms with Gasteiger partial charge in [0.05, 0.1) is 13.2 Å². The van der Waals surface area contributed by atoms with E-state index in [1.54, 1.807) is 0 Å². The van der Waals surface area contributed by atoms with Gasteiger partial charge in [-0.1, -0.05) is 12.8 Å². The molecular weight excluding hydrogens is 282 g/mol. The molecule has 21 heavy (non-hydrogen) atoms. The number of rotatable bonds is 2. The van der Waals surface area contributed by atoms with E-state index in [0.717, 1.165) is 26.1 Å². The standard InChI is InChI=1S/C16H25N3OS/c1-16(13-7-11-21-14(13)6-10-20-16)12-18-15(17)19-8-4-2-3-5-9-19/h7,11H,2-6,8-10,12H2,1H3,(H2,17,18). The van der Waals surface area contributed by atoms with Gasteiger partial charge in [-0.05, 0) is 36.8 Å². The van der Waals surface area contributed by atoms with E-state index in [4.69, 9.17) is 10.5 Å². The van der Waals surface area contributed by atoms with Gasteiger partial charge in [0.15, 0.2) is 5.96 Å². The highest BCUT2D eigenvalue weighted by Crippen LogP contribution is 2.36. The Morgan fingerprint density at radius 1 is 1.38 bits per heavy atom. The minimum atomic E-state index is -0.315. The fourth-order valence-electron chi connectivity index (χ4n) is 3.21. The number of fused-ring (bicyclic) bond motifs is 1. The van der Waals surface area contributed by atoms with Gasteiger partial charge in [0.1, 0.15) is 5.60 Å². The minimum Gasteiger partial charge on any atom is -0.370 e. The van der Waals surface area contributed by atoms with Gasteiger partial charge in [-0.15, -0.1) is 11.3 Å². The summed E-state index contributed by atoms with van der Waals surface area (Å²) in [4.78, 5) is 8.33. The first-order valence-corrected chi connectivity index (χ1v) is 8.83. The van der Waals surface area contributed by atoms with Crippen molar-refractivity contribution in [3.8, 4) is 0 Å². The second-order valence-electron chi connectivity index (χ2n) is 6.16. The van der Waals surface area contributed by atoms with Crippen LogP contribution in [-0.2, 0) is 16.8 Å². The number of ether oxygens (including phenoxy) is 1. The van der Waals surface area contributed by atoms with Crippen LogP contribution in [0.5, 0.6) is 0 Å². The summed E-state index contributed by atoms with van der Waals surface area (Å²) < 4.78 is 6.04. The molecule has 0 radical (unpaired) electrons. The molecule has 2 aliphatic heterocycles. The summed E-state index contributed by atoms with van der Waals surface area (Å²) in [6.07, 6.45) is 6.08. The lowest BCUT2D eigenvalue weighted by atomic mass is 9.93. The average molecular weight is 307 g/mol. The van der Waals surface area contributed by atoms with Gasteiger partial charge in [0.2, 0.25) is 0 Å². The second kappa shape index (κ2) is 6.36. The van der Waals surface area contributed by atoms with Crippen molar-refractivity contribution in [1.29, 1.82) is 0 Å². The van der Waals surface area contributed by atoms with Crippen molar-refractivity contribution in [3.05, 3.63) is 21.9 Å². The van der Waals surface area contributed by atoms with Crippen LogP contribution in [0.1, 0.15) is 43.0 Å². The number of likely N-dealkylation sites (tertiary alicyclic amines) is 1. The maximum atomic E-state index is 6.21. The molecule has 0 aliphatic carbocycles. The Bertz CT molecular complexity index is 505. The summed E-state index contributed by atoms with van der Waals surface area (Å²) in [5.74, 6) is 0.684. The van der Waals surface area contributed by atoms with E-state index in [-0.39, 0.29) is 5.60 Å². The van der Waals surface area contributed by atoms with Crippen LogP contribution in [0.2, 0.25) is 0 Å². The van der Waals surface area contributed by atoms with Gasteiger partial charge in [0, 0.05) is 24.4 Å².